The van der Waals surface area contributed by atoms with E-state index in [-0.39, 0.29) is 11.8 Å². The lowest BCUT2D eigenvalue weighted by atomic mass is 10.0. The molecule has 0 radical (unpaired) electrons. The molecule has 1 fully saturated rings. The van der Waals surface area contributed by atoms with Gasteiger partial charge in [0.2, 0.25) is 0 Å². The Morgan fingerprint density at radius 3 is 2.85 bits per heavy atom. The van der Waals surface area contributed by atoms with Crippen LogP contribution in [0.3, 0.4) is 0 Å². The van der Waals surface area contributed by atoms with E-state index in [1.165, 1.54) is 12.1 Å². The summed E-state index contributed by atoms with van der Waals surface area (Å²) in [4.78, 5) is 5.51. The minimum atomic E-state index is -4.68. The molecule has 27 heavy (non-hydrogen) atoms. The molecular weight excluding hydrogens is 355 g/mol. The van der Waals surface area contributed by atoms with E-state index >= 15 is 0 Å². The fourth-order valence-corrected chi connectivity index (χ4v) is 3.64. The molecule has 0 bridgehead atoms. The van der Waals surface area contributed by atoms with Gasteiger partial charge < -0.3 is 19.9 Å². The van der Waals surface area contributed by atoms with E-state index in [4.69, 9.17) is 0 Å². The fourth-order valence-electron chi connectivity index (χ4n) is 3.64. The third-order valence-electron chi connectivity index (χ3n) is 4.82. The number of piperazine rings is 1. The number of anilines is 1. The summed E-state index contributed by atoms with van der Waals surface area (Å²) < 4.78 is 41.5. The molecule has 0 aliphatic carbocycles. The number of benzene rings is 2. The van der Waals surface area contributed by atoms with E-state index in [1.54, 1.807) is 6.07 Å². The summed E-state index contributed by atoms with van der Waals surface area (Å²) in [6.07, 6.45) is -2.13. The summed E-state index contributed by atoms with van der Waals surface area (Å²) in [7, 11) is 0. The zero-order valence-electron chi connectivity index (χ0n) is 14.6. The third-order valence-corrected chi connectivity index (χ3v) is 4.82. The molecule has 2 aromatic carbocycles. The molecule has 1 aliphatic heterocycles. The first-order valence-corrected chi connectivity index (χ1v) is 8.87. The van der Waals surface area contributed by atoms with Crippen molar-refractivity contribution in [2.24, 2.45) is 0 Å². The Labute approximate surface area is 154 Å². The van der Waals surface area contributed by atoms with Gasteiger partial charge in [0.15, 0.2) is 0 Å². The van der Waals surface area contributed by atoms with Crippen LogP contribution >= 0.6 is 0 Å². The molecular formula is C20H20F3N3O. The molecule has 1 atom stereocenters. The van der Waals surface area contributed by atoms with Gasteiger partial charge in [0, 0.05) is 48.5 Å². The minimum absolute atomic E-state index is 0.149. The van der Waals surface area contributed by atoms with Gasteiger partial charge in [-0.25, -0.2) is 0 Å². The Morgan fingerprint density at radius 2 is 2.00 bits per heavy atom. The van der Waals surface area contributed by atoms with Gasteiger partial charge >= 0.3 is 6.36 Å². The molecule has 142 valence electrons. The Hall–Kier alpha value is -2.67. The van der Waals surface area contributed by atoms with Gasteiger partial charge in [-0.3, -0.25) is 0 Å². The molecule has 3 aromatic rings. The highest BCUT2D eigenvalue weighted by Gasteiger charge is 2.31. The van der Waals surface area contributed by atoms with Crippen molar-refractivity contribution in [3.05, 3.63) is 60.3 Å². The summed E-state index contributed by atoms with van der Waals surface area (Å²) in [6.45, 7) is 2.49. The molecule has 0 saturated carbocycles. The van der Waals surface area contributed by atoms with Crippen LogP contribution in [0, 0.1) is 0 Å². The molecule has 1 aromatic heterocycles. The Kier molecular flexibility index (Phi) is 4.70. The second-order valence-corrected chi connectivity index (χ2v) is 6.70. The van der Waals surface area contributed by atoms with Crippen molar-refractivity contribution in [3.8, 4) is 5.75 Å². The molecule has 1 aliphatic rings. The molecule has 1 saturated heterocycles. The zero-order valence-corrected chi connectivity index (χ0v) is 14.6. The van der Waals surface area contributed by atoms with Crippen LogP contribution in [0.1, 0.15) is 5.56 Å². The number of nitrogens with zero attached hydrogens (tertiary/aromatic N) is 1. The van der Waals surface area contributed by atoms with Gasteiger partial charge in [-0.2, -0.15) is 0 Å². The van der Waals surface area contributed by atoms with E-state index < -0.39 is 6.36 Å². The predicted molar refractivity (Wildman–Crippen MR) is 99.1 cm³/mol. The van der Waals surface area contributed by atoms with Gasteiger partial charge in [-0.1, -0.05) is 12.1 Å². The maximum atomic E-state index is 12.5. The number of nitrogens with one attached hydrogen (secondary N) is 2. The van der Waals surface area contributed by atoms with Crippen LogP contribution in [0.25, 0.3) is 10.9 Å². The van der Waals surface area contributed by atoms with Crippen molar-refractivity contribution in [2.45, 2.75) is 18.8 Å². The number of ether oxygens (including phenoxy) is 1. The van der Waals surface area contributed by atoms with Crippen molar-refractivity contribution in [3.63, 3.8) is 0 Å². The lowest BCUT2D eigenvalue weighted by Crippen LogP contribution is -2.52. The quantitative estimate of drug-likeness (QED) is 0.722. The monoisotopic (exact) mass is 375 g/mol. The largest absolute Gasteiger partial charge is 0.573 e. The van der Waals surface area contributed by atoms with E-state index in [9.17, 15) is 13.2 Å². The van der Waals surface area contributed by atoms with E-state index in [0.717, 1.165) is 41.8 Å². The van der Waals surface area contributed by atoms with Crippen molar-refractivity contribution in [1.82, 2.24) is 10.3 Å². The summed E-state index contributed by atoms with van der Waals surface area (Å²) in [5.74, 6) is -0.177. The first kappa shape index (κ1) is 17.7. The summed E-state index contributed by atoms with van der Waals surface area (Å²) in [5, 5.41) is 4.52. The van der Waals surface area contributed by atoms with Crippen LogP contribution in [-0.2, 0) is 6.42 Å². The highest BCUT2D eigenvalue weighted by molar-refractivity contribution is 5.83. The smallest absolute Gasteiger partial charge is 0.406 e. The highest BCUT2D eigenvalue weighted by Crippen LogP contribution is 2.27. The Morgan fingerprint density at radius 1 is 1.11 bits per heavy atom. The lowest BCUT2D eigenvalue weighted by Gasteiger charge is -2.38. The van der Waals surface area contributed by atoms with Crippen molar-refractivity contribution in [2.75, 3.05) is 24.5 Å². The van der Waals surface area contributed by atoms with Crippen molar-refractivity contribution in [1.29, 1.82) is 0 Å². The Balaban J connectivity index is 1.55. The average molecular weight is 375 g/mol. The fraction of sp³-hybridized carbons (Fsp3) is 0.300. The number of halogens is 3. The van der Waals surface area contributed by atoms with E-state index in [1.807, 2.05) is 18.3 Å². The molecule has 7 heteroatoms. The molecule has 0 amide bonds. The summed E-state index contributed by atoms with van der Waals surface area (Å²) >= 11 is 0. The predicted octanol–water partition coefficient (Wildman–Crippen LogP) is 4.09. The van der Waals surface area contributed by atoms with Crippen LogP contribution in [0.5, 0.6) is 5.75 Å². The van der Waals surface area contributed by atoms with Gasteiger partial charge in [0.25, 0.3) is 0 Å². The number of hydrogen-bond acceptors (Lipinski definition) is 3. The van der Waals surface area contributed by atoms with E-state index in [0.29, 0.717) is 6.42 Å². The molecule has 4 nitrogen and oxygen atoms in total. The van der Waals surface area contributed by atoms with Gasteiger partial charge in [-0.15, -0.1) is 13.2 Å². The van der Waals surface area contributed by atoms with Crippen LogP contribution in [0.15, 0.2) is 54.7 Å². The maximum Gasteiger partial charge on any atom is 0.573 e. The average Bonchev–Trinajstić information content (AvgIpc) is 3.09. The van der Waals surface area contributed by atoms with Crippen LogP contribution in [-0.4, -0.2) is 37.0 Å². The Bertz CT molecular complexity index is 922. The number of alkyl halides is 3. The first-order valence-electron chi connectivity index (χ1n) is 8.87. The minimum Gasteiger partial charge on any atom is -0.406 e. The first-order chi connectivity index (χ1) is 13.0. The zero-order chi connectivity index (χ0) is 18.9. The number of fused-ring (bicyclic) bond motifs is 1. The van der Waals surface area contributed by atoms with Gasteiger partial charge in [0.1, 0.15) is 5.75 Å². The molecule has 0 spiro atoms. The summed E-state index contributed by atoms with van der Waals surface area (Å²) in [5.41, 5.74) is 3.02. The third kappa shape index (κ3) is 4.19. The van der Waals surface area contributed by atoms with Gasteiger partial charge in [-0.05, 0) is 48.4 Å². The van der Waals surface area contributed by atoms with Crippen LogP contribution in [0.2, 0.25) is 0 Å². The van der Waals surface area contributed by atoms with Crippen molar-refractivity contribution >= 4 is 16.6 Å². The topological polar surface area (TPSA) is 40.3 Å². The van der Waals surface area contributed by atoms with Crippen LogP contribution in [0.4, 0.5) is 18.9 Å². The maximum absolute atomic E-state index is 12.5. The summed E-state index contributed by atoms with van der Waals surface area (Å²) in [6, 6.07) is 14.7. The van der Waals surface area contributed by atoms with E-state index in [2.05, 4.69) is 38.1 Å². The number of rotatable bonds is 4. The highest BCUT2D eigenvalue weighted by atomic mass is 19.4. The molecule has 1 unspecified atom stereocenters. The standard InChI is InChI=1S/C20H20F3N3O/c21-20(22,23)27-18-3-1-2-14(11-18)10-17-13-24-8-9-26(17)16-4-5-19-15(12-16)6-7-25-19/h1-7,11-12,17,24-25H,8-10,13H2. The number of hydrogen-bond donors (Lipinski definition) is 2. The molecule has 2 N–H and O–H groups in total. The van der Waals surface area contributed by atoms with Crippen molar-refractivity contribution < 1.29 is 17.9 Å². The van der Waals surface area contributed by atoms with Gasteiger partial charge in [0.05, 0.1) is 0 Å². The number of aromatic nitrogens is 1. The second-order valence-electron chi connectivity index (χ2n) is 6.70. The second kappa shape index (κ2) is 7.15. The number of H-pyrrole nitrogens is 1. The normalized spacial score (nSPS) is 18.0. The SMILES string of the molecule is FC(F)(F)Oc1cccc(CC2CNCCN2c2ccc3[nH]ccc3c2)c1. The molecule has 2 heterocycles. The lowest BCUT2D eigenvalue weighted by molar-refractivity contribution is -0.274. The van der Waals surface area contributed by atoms with Crippen LogP contribution < -0.4 is 15.0 Å². The molecule has 4 rings (SSSR count). The number of aromatic amines is 1.